The highest BCUT2D eigenvalue weighted by atomic mass is 32.2. The molecule has 0 saturated heterocycles. The van der Waals surface area contributed by atoms with Gasteiger partial charge < -0.3 is 19.9 Å². The van der Waals surface area contributed by atoms with E-state index in [2.05, 4.69) is 0 Å². The first-order chi connectivity index (χ1) is 19.8. The molecule has 10 nitrogen and oxygen atoms in total. The number of alkyl halides is 3. The number of halogens is 4. The van der Waals surface area contributed by atoms with Crippen molar-refractivity contribution < 1.29 is 50.9 Å². The summed E-state index contributed by atoms with van der Waals surface area (Å²) >= 11 is 0. The highest BCUT2D eigenvalue weighted by Gasteiger charge is 2.42. The van der Waals surface area contributed by atoms with E-state index in [1.807, 2.05) is 18.0 Å². The van der Waals surface area contributed by atoms with E-state index in [-0.39, 0.29) is 25.1 Å². The van der Waals surface area contributed by atoms with E-state index < -0.39 is 44.9 Å². The van der Waals surface area contributed by atoms with Gasteiger partial charge in [-0.25, -0.2) is 17.6 Å². The molecule has 1 heterocycles. The number of fused-ring (bicyclic) bond motifs is 1. The van der Waals surface area contributed by atoms with Crippen LogP contribution in [0.5, 0.6) is 0 Å². The predicted octanol–water partition coefficient (Wildman–Crippen LogP) is 2.62. The van der Waals surface area contributed by atoms with Crippen molar-refractivity contribution in [1.29, 1.82) is 0 Å². The van der Waals surface area contributed by atoms with Crippen LogP contribution in [0, 0.1) is 5.82 Å². The van der Waals surface area contributed by atoms with Crippen molar-refractivity contribution in [3.8, 4) is 11.1 Å². The number of aliphatic carboxylic acids is 1. The van der Waals surface area contributed by atoms with Gasteiger partial charge in [0, 0.05) is 43.0 Å². The van der Waals surface area contributed by atoms with Gasteiger partial charge in [-0.1, -0.05) is 18.2 Å². The molecule has 3 rings (SSSR count). The zero-order valence-corrected chi connectivity index (χ0v) is 24.4. The predicted molar refractivity (Wildman–Crippen MR) is 151 cm³/mol. The van der Waals surface area contributed by atoms with Crippen LogP contribution in [-0.2, 0) is 32.5 Å². The topological polar surface area (TPSA) is 154 Å². The molecular weight excluding hydrogens is 600 g/mol. The molecule has 0 saturated carbocycles. The maximum atomic E-state index is 14.9. The van der Waals surface area contributed by atoms with Crippen LogP contribution in [0.2, 0.25) is 0 Å². The van der Waals surface area contributed by atoms with Crippen molar-refractivity contribution in [2.24, 2.45) is 0 Å². The van der Waals surface area contributed by atoms with Crippen LogP contribution in [0.1, 0.15) is 18.9 Å². The number of ketones is 1. The average Bonchev–Trinajstić information content (AvgIpc) is 2.91. The molecule has 0 aliphatic heterocycles. The molecule has 2 aromatic carbocycles. The number of carbonyl (C=O) groups is 2. The third-order valence-electron chi connectivity index (χ3n) is 6.88. The fourth-order valence-corrected chi connectivity index (χ4v) is 5.06. The summed E-state index contributed by atoms with van der Waals surface area (Å²) in [6.07, 6.45) is -2.80. The van der Waals surface area contributed by atoms with E-state index in [1.54, 1.807) is 30.3 Å². The van der Waals surface area contributed by atoms with Crippen LogP contribution >= 0.6 is 0 Å². The number of sulfone groups is 1. The lowest BCUT2D eigenvalue weighted by Gasteiger charge is -2.25. The average molecular weight is 633 g/mol. The lowest BCUT2D eigenvalue weighted by molar-refractivity contribution is -0.192. The number of rotatable bonds is 11. The Balaban J connectivity index is 0.000000821. The van der Waals surface area contributed by atoms with Crippen molar-refractivity contribution in [2.45, 2.75) is 37.4 Å². The standard InChI is InChI=1S/C26H31FN2O6S.C2HF3O2/c1-26(24(32)17-31,36(3,34)35)9-11-29-10-8-20-15-19(5-7-22(20)25(29)33)21-6-4-18(14-23(21)27)16-28(2)12-13-30;3-2(4,5)1(6)7/h4-8,10,14-15,30-31H,9,11-13,16-17H2,1-3H3;(H,6,7)/t26-;/m1./s1. The minimum atomic E-state index is -5.08. The Bertz CT molecular complexity index is 1640. The van der Waals surface area contributed by atoms with Crippen LogP contribution in [0.25, 0.3) is 21.9 Å². The molecule has 3 aromatic rings. The smallest absolute Gasteiger partial charge is 0.475 e. The number of pyridine rings is 1. The summed E-state index contributed by atoms with van der Waals surface area (Å²) in [5, 5.41) is 26.3. The SMILES string of the molecule is CN(CCO)Cc1ccc(-c2ccc3c(=O)n(CC[C@](C)(C(=O)CO)S(C)(=O)=O)ccc3c2)c(F)c1.O=C(O)C(F)(F)F. The van der Waals surface area contributed by atoms with E-state index in [4.69, 9.17) is 15.0 Å². The van der Waals surface area contributed by atoms with Gasteiger partial charge in [0.2, 0.25) is 0 Å². The Labute approximate surface area is 244 Å². The number of hydrogen-bond acceptors (Lipinski definition) is 8. The Morgan fingerprint density at radius 3 is 2.19 bits per heavy atom. The van der Waals surface area contributed by atoms with E-state index in [9.17, 15) is 40.7 Å². The van der Waals surface area contributed by atoms with E-state index >= 15 is 0 Å². The molecule has 0 amide bonds. The summed E-state index contributed by atoms with van der Waals surface area (Å²) in [6, 6.07) is 11.6. The third-order valence-corrected chi connectivity index (χ3v) is 8.95. The summed E-state index contributed by atoms with van der Waals surface area (Å²) in [7, 11) is -1.99. The molecule has 0 spiro atoms. The molecule has 0 bridgehead atoms. The number of aliphatic hydroxyl groups excluding tert-OH is 2. The second-order valence-electron chi connectivity index (χ2n) is 10.0. The van der Waals surface area contributed by atoms with Gasteiger partial charge >= 0.3 is 12.1 Å². The summed E-state index contributed by atoms with van der Waals surface area (Å²) in [6.45, 7) is 1.31. The van der Waals surface area contributed by atoms with E-state index in [0.29, 0.717) is 35.0 Å². The second-order valence-corrected chi connectivity index (χ2v) is 12.5. The van der Waals surface area contributed by atoms with Crippen molar-refractivity contribution in [3.63, 3.8) is 0 Å². The second kappa shape index (κ2) is 14.2. The minimum Gasteiger partial charge on any atom is -0.475 e. The number of benzene rings is 2. The summed E-state index contributed by atoms with van der Waals surface area (Å²) in [5.41, 5.74) is 1.40. The van der Waals surface area contributed by atoms with Gasteiger partial charge in [-0.15, -0.1) is 0 Å². The van der Waals surface area contributed by atoms with Crippen molar-refractivity contribution in [1.82, 2.24) is 9.47 Å². The van der Waals surface area contributed by atoms with Crippen molar-refractivity contribution in [2.75, 3.05) is 33.1 Å². The third kappa shape index (κ3) is 8.92. The Morgan fingerprint density at radius 2 is 1.67 bits per heavy atom. The van der Waals surface area contributed by atoms with Crippen LogP contribution < -0.4 is 5.56 Å². The van der Waals surface area contributed by atoms with Gasteiger partial charge in [0.1, 0.15) is 17.2 Å². The summed E-state index contributed by atoms with van der Waals surface area (Å²) in [5.74, 6) is -3.98. The van der Waals surface area contributed by atoms with Gasteiger partial charge in [0.25, 0.3) is 5.56 Å². The fourth-order valence-electron chi connectivity index (χ4n) is 4.12. The molecule has 1 atom stereocenters. The lowest BCUT2D eigenvalue weighted by atomic mass is 9.99. The van der Waals surface area contributed by atoms with Gasteiger partial charge in [0.15, 0.2) is 15.6 Å². The molecule has 15 heteroatoms. The number of carboxylic acid groups (broad SMARTS) is 1. The maximum Gasteiger partial charge on any atom is 0.490 e. The minimum absolute atomic E-state index is 0.0215. The quantitative estimate of drug-likeness (QED) is 0.271. The van der Waals surface area contributed by atoms with Gasteiger partial charge in [-0.2, -0.15) is 13.2 Å². The Kier molecular flexibility index (Phi) is 11.7. The van der Waals surface area contributed by atoms with E-state index in [1.165, 1.54) is 23.8 Å². The molecule has 0 aliphatic carbocycles. The number of Topliss-reactive ketones (excluding diaryl/α,β-unsaturated/α-hetero) is 1. The van der Waals surface area contributed by atoms with Crippen molar-refractivity contribution >= 4 is 32.4 Å². The summed E-state index contributed by atoms with van der Waals surface area (Å²) in [4.78, 5) is 36.0. The zero-order chi connectivity index (χ0) is 32.8. The highest BCUT2D eigenvalue weighted by molar-refractivity contribution is 7.92. The van der Waals surface area contributed by atoms with Crippen molar-refractivity contribution in [3.05, 3.63) is 70.4 Å². The lowest BCUT2D eigenvalue weighted by Crippen LogP contribution is -2.46. The van der Waals surface area contributed by atoms with Gasteiger partial charge in [-0.05, 0) is 61.2 Å². The molecular formula is C28H32F4N2O8S. The Hall–Kier alpha value is -3.66. The summed E-state index contributed by atoms with van der Waals surface area (Å²) < 4.78 is 70.6. The molecule has 236 valence electrons. The molecule has 0 aliphatic rings. The number of likely N-dealkylation sites (N-methyl/N-ethyl adjacent to an activating group) is 1. The molecule has 0 radical (unpaired) electrons. The first-order valence-electron chi connectivity index (χ1n) is 12.7. The number of hydrogen-bond donors (Lipinski definition) is 3. The normalized spacial score (nSPS) is 13.3. The van der Waals surface area contributed by atoms with Crippen LogP contribution in [-0.4, -0.2) is 88.9 Å². The van der Waals surface area contributed by atoms with Crippen LogP contribution in [0.3, 0.4) is 0 Å². The van der Waals surface area contributed by atoms with Gasteiger partial charge in [0.05, 0.1) is 6.61 Å². The number of aromatic nitrogens is 1. The molecule has 1 aromatic heterocycles. The van der Waals surface area contributed by atoms with Crippen LogP contribution in [0.4, 0.5) is 17.6 Å². The molecule has 3 N–H and O–H groups in total. The number of carboxylic acids is 1. The van der Waals surface area contributed by atoms with E-state index in [0.717, 1.165) is 11.8 Å². The maximum absolute atomic E-state index is 14.9. The number of aryl methyl sites for hydroxylation is 1. The van der Waals surface area contributed by atoms with Gasteiger partial charge in [-0.3, -0.25) is 14.5 Å². The molecule has 0 unspecified atom stereocenters. The number of carbonyl (C=O) groups excluding carboxylic acids is 1. The largest absolute Gasteiger partial charge is 0.490 e. The number of nitrogens with zero attached hydrogens (tertiary/aromatic N) is 2. The highest BCUT2D eigenvalue weighted by Crippen LogP contribution is 2.27. The number of aliphatic hydroxyl groups is 2. The Morgan fingerprint density at radius 1 is 1.05 bits per heavy atom. The molecule has 43 heavy (non-hydrogen) atoms. The first-order valence-corrected chi connectivity index (χ1v) is 14.6. The first kappa shape index (κ1) is 35.5. The van der Waals surface area contributed by atoms with Crippen LogP contribution in [0.15, 0.2) is 53.5 Å². The monoisotopic (exact) mass is 632 g/mol. The molecule has 0 fully saturated rings. The zero-order valence-electron chi connectivity index (χ0n) is 23.6. The fraction of sp³-hybridized carbons (Fsp3) is 0.393.